The van der Waals surface area contributed by atoms with Crippen LogP contribution in [0.3, 0.4) is 0 Å². The quantitative estimate of drug-likeness (QED) is 0.723. The summed E-state index contributed by atoms with van der Waals surface area (Å²) in [5.74, 6) is -1.13. The summed E-state index contributed by atoms with van der Waals surface area (Å²) in [6, 6.07) is 2.08. The molecule has 1 aliphatic carbocycles. The summed E-state index contributed by atoms with van der Waals surface area (Å²) < 4.78 is 10.7. The number of nitrogens with zero attached hydrogens (tertiary/aromatic N) is 1. The minimum atomic E-state index is -0.628. The summed E-state index contributed by atoms with van der Waals surface area (Å²) in [5, 5.41) is 3.05. The van der Waals surface area contributed by atoms with E-state index in [-0.39, 0.29) is 0 Å². The lowest BCUT2D eigenvalue weighted by molar-refractivity contribution is -0.152. The molecule has 0 spiro atoms. The van der Waals surface area contributed by atoms with Crippen molar-refractivity contribution in [3.8, 4) is 0 Å². The van der Waals surface area contributed by atoms with Gasteiger partial charge in [-0.05, 0) is 37.3 Å². The van der Waals surface area contributed by atoms with E-state index in [2.05, 4.69) is 11.4 Å². The number of fused-ring (bicyclic) bond motifs is 5. The highest BCUT2D eigenvalue weighted by Crippen LogP contribution is 2.31. The molecule has 2 unspecified atom stereocenters. The van der Waals surface area contributed by atoms with Crippen molar-refractivity contribution in [1.29, 1.82) is 0 Å². The Morgan fingerprint density at radius 3 is 2.68 bits per heavy atom. The maximum atomic E-state index is 11.8. The second-order valence-electron chi connectivity index (χ2n) is 5.78. The molecule has 1 N–H and O–H groups in total. The first-order valence-electron chi connectivity index (χ1n) is 7.56. The van der Waals surface area contributed by atoms with Crippen molar-refractivity contribution in [2.45, 2.75) is 44.6 Å². The van der Waals surface area contributed by atoms with Crippen molar-refractivity contribution in [2.75, 3.05) is 0 Å². The molecule has 1 aromatic heterocycles. The van der Waals surface area contributed by atoms with Gasteiger partial charge in [-0.3, -0.25) is 4.98 Å². The van der Waals surface area contributed by atoms with Gasteiger partial charge >= 0.3 is 11.9 Å². The van der Waals surface area contributed by atoms with Crippen LogP contribution in [0.5, 0.6) is 0 Å². The Morgan fingerprint density at radius 2 is 1.82 bits per heavy atom. The predicted molar refractivity (Wildman–Crippen MR) is 75.6 cm³/mol. The molecule has 6 nitrogen and oxygen atoms in total. The molecule has 0 saturated carbocycles. The summed E-state index contributed by atoms with van der Waals surface area (Å²) in [5.41, 5.74) is 4.07. The summed E-state index contributed by atoms with van der Waals surface area (Å²) >= 11 is 0. The highest BCUT2D eigenvalue weighted by atomic mass is 16.6. The van der Waals surface area contributed by atoms with Crippen LogP contribution in [0.1, 0.15) is 41.6 Å². The third kappa shape index (κ3) is 2.39. The third-order valence-electron chi connectivity index (χ3n) is 4.26. The van der Waals surface area contributed by atoms with Gasteiger partial charge in [-0.15, -0.1) is 0 Å². The Kier molecular flexibility index (Phi) is 3.18. The minimum absolute atomic E-state index is 0.482. The van der Waals surface area contributed by atoms with Crippen LogP contribution in [0.25, 0.3) is 0 Å². The van der Waals surface area contributed by atoms with Gasteiger partial charge in [0.05, 0.1) is 5.69 Å². The highest BCUT2D eigenvalue weighted by Gasteiger charge is 2.33. The lowest BCUT2D eigenvalue weighted by Crippen LogP contribution is -2.44. The molecule has 4 rings (SSSR count). The zero-order chi connectivity index (χ0) is 15.1. The molecule has 2 bridgehead atoms. The SMILES string of the molecule is O=C1/C=C/C(=O)OC2NC(Cc3nc4c(cc32)CCCC4)O1. The van der Waals surface area contributed by atoms with Gasteiger partial charge in [0.15, 0.2) is 12.5 Å². The highest BCUT2D eigenvalue weighted by molar-refractivity contribution is 5.92. The topological polar surface area (TPSA) is 77.5 Å². The van der Waals surface area contributed by atoms with E-state index < -0.39 is 24.4 Å². The molecular weight excluding hydrogens is 284 g/mol. The molecule has 6 heteroatoms. The molecule has 22 heavy (non-hydrogen) atoms. The molecule has 2 atom stereocenters. The van der Waals surface area contributed by atoms with Gasteiger partial charge in [0, 0.05) is 29.8 Å². The Balaban J connectivity index is 1.76. The molecule has 2 aliphatic heterocycles. The molecule has 114 valence electrons. The van der Waals surface area contributed by atoms with Crippen LogP contribution < -0.4 is 5.32 Å². The fraction of sp³-hybridized carbons (Fsp3) is 0.438. The second kappa shape index (κ2) is 5.21. The monoisotopic (exact) mass is 300 g/mol. The van der Waals surface area contributed by atoms with Crippen molar-refractivity contribution in [1.82, 2.24) is 10.3 Å². The third-order valence-corrected chi connectivity index (χ3v) is 4.26. The number of hydrogen-bond donors (Lipinski definition) is 1. The van der Waals surface area contributed by atoms with Crippen molar-refractivity contribution < 1.29 is 19.1 Å². The second-order valence-corrected chi connectivity index (χ2v) is 5.78. The fourth-order valence-corrected chi connectivity index (χ4v) is 3.22. The minimum Gasteiger partial charge on any atom is -0.443 e. The van der Waals surface area contributed by atoms with Crippen LogP contribution in [-0.2, 0) is 38.3 Å². The van der Waals surface area contributed by atoms with E-state index in [1.807, 2.05) is 0 Å². The molecule has 3 heterocycles. The van der Waals surface area contributed by atoms with Crippen LogP contribution in [0, 0.1) is 0 Å². The van der Waals surface area contributed by atoms with E-state index in [1.165, 1.54) is 5.56 Å². The molecule has 0 saturated heterocycles. The largest absolute Gasteiger partial charge is 0.443 e. The van der Waals surface area contributed by atoms with Crippen molar-refractivity contribution in [3.63, 3.8) is 0 Å². The number of aryl methyl sites for hydroxylation is 2. The average Bonchev–Trinajstić information content (AvgIpc) is 2.56. The van der Waals surface area contributed by atoms with Crippen molar-refractivity contribution in [2.24, 2.45) is 0 Å². The molecule has 1 aromatic rings. The lowest BCUT2D eigenvalue weighted by atomic mass is 9.92. The Morgan fingerprint density at radius 1 is 1.05 bits per heavy atom. The number of hydrogen-bond acceptors (Lipinski definition) is 6. The van der Waals surface area contributed by atoms with Crippen LogP contribution >= 0.6 is 0 Å². The molecule has 0 amide bonds. The molecule has 0 aromatic carbocycles. The zero-order valence-electron chi connectivity index (χ0n) is 12.0. The van der Waals surface area contributed by atoms with Crippen LogP contribution in [0.2, 0.25) is 0 Å². The van der Waals surface area contributed by atoms with Gasteiger partial charge in [-0.2, -0.15) is 0 Å². The average molecular weight is 300 g/mol. The van der Waals surface area contributed by atoms with E-state index in [0.717, 1.165) is 54.8 Å². The standard InChI is InChI=1S/C16H16N2O4/c19-14-5-6-15(20)22-16-10-7-9-3-1-2-4-11(9)17-12(10)8-13(18-16)21-14/h5-7,13,16,18H,1-4,8H2/b6-5+. The molecule has 3 aliphatic rings. The van der Waals surface area contributed by atoms with Crippen LogP contribution in [0.4, 0.5) is 0 Å². The fourth-order valence-electron chi connectivity index (χ4n) is 3.22. The van der Waals surface area contributed by atoms with E-state index >= 15 is 0 Å². The summed E-state index contributed by atoms with van der Waals surface area (Å²) in [6.45, 7) is 0. The van der Waals surface area contributed by atoms with Gasteiger partial charge in [0.1, 0.15) is 0 Å². The van der Waals surface area contributed by atoms with E-state index in [9.17, 15) is 9.59 Å². The summed E-state index contributed by atoms with van der Waals surface area (Å²) in [7, 11) is 0. The Hall–Kier alpha value is -2.21. The van der Waals surface area contributed by atoms with Gasteiger partial charge in [0.2, 0.25) is 0 Å². The maximum Gasteiger partial charge on any atom is 0.332 e. The lowest BCUT2D eigenvalue weighted by Gasteiger charge is -2.32. The van der Waals surface area contributed by atoms with Gasteiger partial charge in [-0.25, -0.2) is 14.9 Å². The zero-order valence-corrected chi connectivity index (χ0v) is 12.0. The van der Waals surface area contributed by atoms with E-state index in [4.69, 9.17) is 14.5 Å². The molecule has 0 radical (unpaired) electrons. The van der Waals surface area contributed by atoms with Crippen LogP contribution in [-0.4, -0.2) is 23.2 Å². The predicted octanol–water partition coefficient (Wildman–Crippen LogP) is 1.09. The molecular formula is C16H16N2O4. The number of nitrogens with one attached hydrogen (secondary N) is 1. The molecule has 0 fully saturated rings. The first-order valence-corrected chi connectivity index (χ1v) is 7.56. The van der Waals surface area contributed by atoms with Crippen molar-refractivity contribution in [3.05, 3.63) is 40.7 Å². The normalized spacial score (nSPS) is 28.2. The van der Waals surface area contributed by atoms with Crippen molar-refractivity contribution >= 4 is 11.9 Å². The van der Waals surface area contributed by atoms with Gasteiger partial charge in [0.25, 0.3) is 0 Å². The summed E-state index contributed by atoms with van der Waals surface area (Å²) in [4.78, 5) is 28.1. The first-order chi connectivity index (χ1) is 10.7. The smallest absolute Gasteiger partial charge is 0.332 e. The summed E-state index contributed by atoms with van der Waals surface area (Å²) in [6.07, 6.45) is 5.80. The van der Waals surface area contributed by atoms with Crippen LogP contribution in [0.15, 0.2) is 18.2 Å². The number of carbonyl (C=O) groups excluding carboxylic acids is 2. The number of ether oxygens (including phenoxy) is 2. The number of esters is 2. The number of aromatic nitrogens is 1. The van der Waals surface area contributed by atoms with Gasteiger partial charge < -0.3 is 9.47 Å². The van der Waals surface area contributed by atoms with E-state index in [0.29, 0.717) is 6.42 Å². The van der Waals surface area contributed by atoms with E-state index in [1.54, 1.807) is 0 Å². The number of pyridine rings is 1. The Bertz CT molecular complexity index is 683. The van der Waals surface area contributed by atoms with Gasteiger partial charge in [-0.1, -0.05) is 0 Å². The number of rotatable bonds is 0. The maximum absolute atomic E-state index is 11.8. The Labute approximate surface area is 127 Å². The first kappa shape index (κ1) is 13.5. The number of carbonyl (C=O) groups is 2.